The number of methoxy groups -OCH3 is 1. The highest BCUT2D eigenvalue weighted by atomic mass is 16.6. The molecule has 0 saturated heterocycles. The second-order valence-corrected chi connectivity index (χ2v) is 4.10. The van der Waals surface area contributed by atoms with Crippen LogP contribution >= 0.6 is 0 Å². The minimum Gasteiger partial charge on any atom is -0.496 e. The van der Waals surface area contributed by atoms with Gasteiger partial charge in [-0.15, -0.1) is 0 Å². The fourth-order valence-corrected chi connectivity index (χ4v) is 1.77. The largest absolute Gasteiger partial charge is 0.496 e. The monoisotopic (exact) mass is 281 g/mol. The maximum Gasteiger partial charge on any atom is 0.275 e. The molecule has 0 aliphatic carbocycles. The third kappa shape index (κ3) is 4.11. The van der Waals surface area contributed by atoms with E-state index in [2.05, 4.69) is 5.32 Å². The first-order chi connectivity index (χ1) is 9.51. The molecule has 0 heterocycles. The Kier molecular flexibility index (Phi) is 5.76. The summed E-state index contributed by atoms with van der Waals surface area (Å²) in [6.07, 6.45) is 0. The number of hydrogen-bond acceptors (Lipinski definition) is 5. The van der Waals surface area contributed by atoms with Crippen LogP contribution in [0.3, 0.4) is 0 Å². The molecule has 0 radical (unpaired) electrons. The van der Waals surface area contributed by atoms with Gasteiger partial charge in [-0.1, -0.05) is 0 Å². The van der Waals surface area contributed by atoms with Gasteiger partial charge in [0.25, 0.3) is 5.69 Å². The van der Waals surface area contributed by atoms with Crippen LogP contribution in [0.5, 0.6) is 5.75 Å². The summed E-state index contributed by atoms with van der Waals surface area (Å²) >= 11 is 0. The molecular weight excluding hydrogens is 262 g/mol. The number of carbonyl (C=O) groups excluding carboxylic acids is 1. The Morgan fingerprint density at radius 2 is 2.00 bits per heavy atom. The van der Waals surface area contributed by atoms with Crippen LogP contribution < -0.4 is 10.1 Å². The second kappa shape index (κ2) is 7.32. The fourth-order valence-electron chi connectivity index (χ4n) is 1.77. The smallest absolute Gasteiger partial charge is 0.275 e. The van der Waals surface area contributed by atoms with Crippen molar-refractivity contribution in [1.29, 1.82) is 0 Å². The van der Waals surface area contributed by atoms with Crippen LogP contribution in [0.2, 0.25) is 0 Å². The van der Waals surface area contributed by atoms with Crippen molar-refractivity contribution in [3.05, 3.63) is 28.3 Å². The average Bonchev–Trinajstić information content (AvgIpc) is 2.45. The molecule has 20 heavy (non-hydrogen) atoms. The van der Waals surface area contributed by atoms with Crippen LogP contribution in [0.25, 0.3) is 0 Å². The van der Waals surface area contributed by atoms with Crippen molar-refractivity contribution >= 4 is 17.3 Å². The van der Waals surface area contributed by atoms with Crippen molar-refractivity contribution in [3.8, 4) is 5.75 Å². The number of non-ortho nitro benzene ring substituents is 1. The maximum atomic E-state index is 11.9. The predicted octanol–water partition coefficient (Wildman–Crippen LogP) is 1.88. The summed E-state index contributed by atoms with van der Waals surface area (Å²) in [5, 5.41) is 13.7. The summed E-state index contributed by atoms with van der Waals surface area (Å²) in [7, 11) is 1.43. The highest BCUT2D eigenvalue weighted by molar-refractivity contribution is 5.81. The fraction of sp³-hybridized carbons (Fsp3) is 0.462. The van der Waals surface area contributed by atoms with Crippen molar-refractivity contribution in [1.82, 2.24) is 4.90 Å². The highest BCUT2D eigenvalue weighted by Gasteiger charge is 2.12. The number of rotatable bonds is 7. The number of amides is 1. The van der Waals surface area contributed by atoms with Gasteiger partial charge in [0.05, 0.1) is 24.6 Å². The van der Waals surface area contributed by atoms with Gasteiger partial charge >= 0.3 is 0 Å². The van der Waals surface area contributed by atoms with Gasteiger partial charge in [0.1, 0.15) is 5.75 Å². The van der Waals surface area contributed by atoms with E-state index in [1.54, 1.807) is 11.0 Å². The summed E-state index contributed by atoms with van der Waals surface area (Å²) < 4.78 is 5.00. The van der Waals surface area contributed by atoms with Gasteiger partial charge in [-0.25, -0.2) is 0 Å². The first-order valence-corrected chi connectivity index (χ1v) is 6.36. The Bertz CT molecular complexity index is 487. The number of likely N-dealkylation sites (N-methyl/N-ethyl adjacent to an activating group) is 1. The van der Waals surface area contributed by atoms with E-state index in [0.717, 1.165) is 0 Å². The molecule has 1 N–H and O–H groups in total. The third-order valence-corrected chi connectivity index (χ3v) is 2.90. The molecule has 110 valence electrons. The summed E-state index contributed by atoms with van der Waals surface area (Å²) in [6.45, 7) is 5.16. The number of nitro benzene ring substituents is 1. The van der Waals surface area contributed by atoms with Gasteiger partial charge in [0, 0.05) is 30.9 Å². The molecule has 1 rings (SSSR count). The maximum absolute atomic E-state index is 11.9. The number of nitrogens with zero attached hydrogens (tertiary/aromatic N) is 2. The summed E-state index contributed by atoms with van der Waals surface area (Å²) in [5.41, 5.74) is 0.402. The molecule has 1 amide bonds. The van der Waals surface area contributed by atoms with Crippen LogP contribution in [0.1, 0.15) is 13.8 Å². The van der Waals surface area contributed by atoms with E-state index in [4.69, 9.17) is 4.74 Å². The molecule has 0 unspecified atom stereocenters. The molecule has 0 aliphatic heterocycles. The predicted molar refractivity (Wildman–Crippen MR) is 76.1 cm³/mol. The SMILES string of the molecule is CCN(CC)C(=O)CNc1cc(OC)cc([N+](=O)[O-])c1. The summed E-state index contributed by atoms with van der Waals surface area (Å²) in [4.78, 5) is 23.8. The van der Waals surface area contributed by atoms with Crippen molar-refractivity contribution < 1.29 is 14.5 Å². The minimum absolute atomic E-state index is 0.0551. The van der Waals surface area contributed by atoms with Crippen molar-refractivity contribution in [2.45, 2.75) is 13.8 Å². The Morgan fingerprint density at radius 1 is 1.35 bits per heavy atom. The molecule has 1 aromatic rings. The molecule has 0 saturated carbocycles. The lowest BCUT2D eigenvalue weighted by molar-refractivity contribution is -0.384. The van der Waals surface area contributed by atoms with Crippen LogP contribution in [-0.2, 0) is 4.79 Å². The second-order valence-electron chi connectivity index (χ2n) is 4.10. The molecule has 0 spiro atoms. The first kappa shape index (κ1) is 15.7. The zero-order chi connectivity index (χ0) is 15.1. The molecule has 0 bridgehead atoms. The Hall–Kier alpha value is -2.31. The highest BCUT2D eigenvalue weighted by Crippen LogP contribution is 2.25. The van der Waals surface area contributed by atoms with E-state index in [-0.39, 0.29) is 18.1 Å². The lowest BCUT2D eigenvalue weighted by Gasteiger charge is -2.19. The zero-order valence-corrected chi connectivity index (χ0v) is 11.9. The van der Waals surface area contributed by atoms with Crippen molar-refractivity contribution in [2.75, 3.05) is 32.1 Å². The molecular formula is C13H19N3O4. The topological polar surface area (TPSA) is 84.7 Å². The van der Waals surface area contributed by atoms with E-state index < -0.39 is 4.92 Å². The number of hydrogen-bond donors (Lipinski definition) is 1. The quantitative estimate of drug-likeness (QED) is 0.609. The normalized spacial score (nSPS) is 9.95. The van der Waals surface area contributed by atoms with Gasteiger partial charge in [-0.3, -0.25) is 14.9 Å². The Labute approximate surface area is 117 Å². The zero-order valence-electron chi connectivity index (χ0n) is 11.9. The average molecular weight is 281 g/mol. The molecule has 0 aliphatic rings. The van der Waals surface area contributed by atoms with Crippen molar-refractivity contribution in [2.24, 2.45) is 0 Å². The molecule has 1 aromatic carbocycles. The van der Waals surface area contributed by atoms with E-state index in [1.807, 2.05) is 13.8 Å². The number of anilines is 1. The lowest BCUT2D eigenvalue weighted by atomic mass is 10.2. The molecule has 0 aromatic heterocycles. The Morgan fingerprint density at radius 3 is 2.50 bits per heavy atom. The minimum atomic E-state index is -0.500. The van der Waals surface area contributed by atoms with Crippen molar-refractivity contribution in [3.63, 3.8) is 0 Å². The summed E-state index contributed by atoms with van der Waals surface area (Å²) in [5.74, 6) is 0.317. The molecule has 7 heteroatoms. The Balaban J connectivity index is 2.79. The van der Waals surface area contributed by atoms with Crippen LogP contribution in [0.4, 0.5) is 11.4 Å². The summed E-state index contributed by atoms with van der Waals surface area (Å²) in [6, 6.07) is 4.32. The van der Waals surface area contributed by atoms with Crippen LogP contribution in [0.15, 0.2) is 18.2 Å². The molecule has 7 nitrogen and oxygen atoms in total. The van der Waals surface area contributed by atoms with E-state index >= 15 is 0 Å². The van der Waals surface area contributed by atoms with E-state index in [0.29, 0.717) is 24.5 Å². The number of nitro groups is 1. The first-order valence-electron chi connectivity index (χ1n) is 6.36. The van der Waals surface area contributed by atoms with Crippen LogP contribution in [-0.4, -0.2) is 42.5 Å². The standard InChI is InChI=1S/C13H19N3O4/c1-4-15(5-2)13(17)9-14-10-6-11(16(18)19)8-12(7-10)20-3/h6-8,14H,4-5,9H2,1-3H3. The van der Waals surface area contributed by atoms with Crippen LogP contribution in [0, 0.1) is 10.1 Å². The third-order valence-electron chi connectivity index (χ3n) is 2.90. The lowest BCUT2D eigenvalue weighted by Crippen LogP contribution is -2.35. The van der Waals surface area contributed by atoms with Gasteiger partial charge in [-0.2, -0.15) is 0 Å². The van der Waals surface area contributed by atoms with Gasteiger partial charge in [-0.05, 0) is 13.8 Å². The van der Waals surface area contributed by atoms with Gasteiger partial charge < -0.3 is 15.0 Å². The molecule has 0 fully saturated rings. The molecule has 0 atom stereocenters. The number of ether oxygens (including phenoxy) is 1. The van der Waals surface area contributed by atoms with E-state index in [1.165, 1.54) is 19.2 Å². The number of nitrogens with one attached hydrogen (secondary N) is 1. The number of carbonyl (C=O) groups is 1. The van der Waals surface area contributed by atoms with Gasteiger partial charge in [0.2, 0.25) is 5.91 Å². The van der Waals surface area contributed by atoms with E-state index in [9.17, 15) is 14.9 Å². The van der Waals surface area contributed by atoms with Gasteiger partial charge in [0.15, 0.2) is 0 Å². The number of benzene rings is 1.